The molecule has 0 atom stereocenters. The van der Waals surface area contributed by atoms with Crippen LogP contribution in [-0.2, 0) is 9.59 Å². The molecule has 3 rings (SSSR count). The fourth-order valence-corrected chi connectivity index (χ4v) is 3.89. The van der Waals surface area contributed by atoms with E-state index >= 15 is 0 Å². The molecule has 5 nitrogen and oxygen atoms in total. The first-order valence-corrected chi connectivity index (χ1v) is 10.8. The zero-order valence-corrected chi connectivity index (χ0v) is 19.6. The Morgan fingerprint density at radius 1 is 1.13 bits per heavy atom. The Labute approximate surface area is 189 Å². The second kappa shape index (κ2) is 9.02. The zero-order chi connectivity index (χ0) is 22.9. The lowest BCUT2D eigenvalue weighted by Gasteiger charge is -2.30. The Hall–Kier alpha value is -2.99. The summed E-state index contributed by atoms with van der Waals surface area (Å²) in [6.45, 7) is 12.5. The number of carbonyl (C=O) groups excluding carboxylic acids is 2. The average Bonchev–Trinajstić information content (AvgIpc) is 2.69. The van der Waals surface area contributed by atoms with Crippen molar-refractivity contribution in [1.29, 1.82) is 0 Å². The molecular formula is C25H28N2O3S. The van der Waals surface area contributed by atoms with Gasteiger partial charge in [-0.05, 0) is 97.9 Å². The van der Waals surface area contributed by atoms with E-state index in [-0.39, 0.29) is 16.6 Å². The lowest BCUT2D eigenvalue weighted by atomic mass is 9.94. The molecule has 1 saturated heterocycles. The van der Waals surface area contributed by atoms with Gasteiger partial charge in [0.1, 0.15) is 11.3 Å². The molecule has 0 unspecified atom stereocenters. The van der Waals surface area contributed by atoms with Crippen LogP contribution in [0.25, 0.3) is 6.08 Å². The van der Waals surface area contributed by atoms with Crippen molar-refractivity contribution in [3.8, 4) is 5.75 Å². The lowest BCUT2D eigenvalue weighted by molar-refractivity contribution is -0.122. The molecule has 2 amide bonds. The summed E-state index contributed by atoms with van der Waals surface area (Å²) >= 11 is 5.34. The van der Waals surface area contributed by atoms with Crippen molar-refractivity contribution in [1.82, 2.24) is 5.32 Å². The van der Waals surface area contributed by atoms with Crippen LogP contribution in [0, 0.1) is 20.8 Å². The second-order valence-electron chi connectivity index (χ2n) is 8.01. The van der Waals surface area contributed by atoms with Crippen LogP contribution in [0.15, 0.2) is 35.9 Å². The highest BCUT2D eigenvalue weighted by Gasteiger charge is 2.35. The number of hydrogen-bond donors (Lipinski definition) is 1. The number of benzene rings is 2. The lowest BCUT2D eigenvalue weighted by Crippen LogP contribution is -2.54. The van der Waals surface area contributed by atoms with Gasteiger partial charge in [-0.25, -0.2) is 0 Å². The molecule has 2 aromatic carbocycles. The standard InChI is InChI=1S/C25H28N2O3S/c1-7-30-22-11-16(5)18(12-19(22)14(2)3)13-20-23(28)26-25(31)27(24(20)29)21-10-8-9-15(4)17(21)6/h8-14H,7H2,1-6H3,(H,26,28,31)/b20-13+. The SMILES string of the molecule is CCOc1cc(C)c(/C=C2\C(=O)NC(=S)N(c3cccc(C)c3C)C2=O)cc1C(C)C. The molecule has 0 saturated carbocycles. The molecule has 1 aliphatic rings. The first-order valence-electron chi connectivity index (χ1n) is 10.4. The summed E-state index contributed by atoms with van der Waals surface area (Å²) in [7, 11) is 0. The van der Waals surface area contributed by atoms with Gasteiger partial charge in [0.15, 0.2) is 5.11 Å². The minimum absolute atomic E-state index is 0.0523. The molecular weight excluding hydrogens is 408 g/mol. The number of nitrogens with zero attached hydrogens (tertiary/aromatic N) is 1. The Morgan fingerprint density at radius 3 is 2.48 bits per heavy atom. The molecule has 2 aromatic rings. The van der Waals surface area contributed by atoms with Crippen LogP contribution in [0.4, 0.5) is 5.69 Å². The van der Waals surface area contributed by atoms with E-state index in [0.717, 1.165) is 33.6 Å². The smallest absolute Gasteiger partial charge is 0.270 e. The van der Waals surface area contributed by atoms with Crippen LogP contribution in [0.3, 0.4) is 0 Å². The Kier molecular flexibility index (Phi) is 6.60. The fourth-order valence-electron chi connectivity index (χ4n) is 3.61. The van der Waals surface area contributed by atoms with Crippen molar-refractivity contribution in [3.63, 3.8) is 0 Å². The maximum atomic E-state index is 13.4. The van der Waals surface area contributed by atoms with Crippen LogP contribution >= 0.6 is 12.2 Å². The number of carbonyl (C=O) groups is 2. The van der Waals surface area contributed by atoms with E-state index in [1.165, 1.54) is 4.90 Å². The van der Waals surface area contributed by atoms with Gasteiger partial charge in [0.05, 0.1) is 12.3 Å². The third-order valence-electron chi connectivity index (χ3n) is 5.54. The van der Waals surface area contributed by atoms with Gasteiger partial charge in [-0.1, -0.05) is 26.0 Å². The molecule has 162 valence electrons. The summed E-state index contributed by atoms with van der Waals surface area (Å²) < 4.78 is 5.79. The predicted octanol–water partition coefficient (Wildman–Crippen LogP) is 4.97. The molecule has 1 heterocycles. The van der Waals surface area contributed by atoms with E-state index in [4.69, 9.17) is 17.0 Å². The largest absolute Gasteiger partial charge is 0.494 e. The zero-order valence-electron chi connectivity index (χ0n) is 18.8. The van der Waals surface area contributed by atoms with E-state index in [2.05, 4.69) is 19.2 Å². The summed E-state index contributed by atoms with van der Waals surface area (Å²) in [4.78, 5) is 27.5. The van der Waals surface area contributed by atoms with Crippen molar-refractivity contribution in [2.45, 2.75) is 47.5 Å². The summed E-state index contributed by atoms with van der Waals surface area (Å²) in [5, 5.41) is 2.76. The average molecular weight is 437 g/mol. The first kappa shape index (κ1) is 22.7. The van der Waals surface area contributed by atoms with E-state index in [9.17, 15) is 9.59 Å². The van der Waals surface area contributed by atoms with Crippen molar-refractivity contribution >= 4 is 40.9 Å². The number of aryl methyl sites for hydroxylation is 2. The van der Waals surface area contributed by atoms with Crippen molar-refractivity contribution in [2.75, 3.05) is 11.5 Å². The molecule has 1 aliphatic heterocycles. The number of nitrogens with one attached hydrogen (secondary N) is 1. The molecule has 0 radical (unpaired) electrons. The summed E-state index contributed by atoms with van der Waals surface area (Å²) in [6.07, 6.45) is 1.65. The highest BCUT2D eigenvalue weighted by atomic mass is 32.1. The Balaban J connectivity index is 2.10. The van der Waals surface area contributed by atoms with E-state index < -0.39 is 11.8 Å². The molecule has 0 aromatic heterocycles. The van der Waals surface area contributed by atoms with E-state index in [1.807, 2.05) is 58.0 Å². The molecule has 0 spiro atoms. The van der Waals surface area contributed by atoms with Gasteiger partial charge < -0.3 is 4.74 Å². The van der Waals surface area contributed by atoms with Crippen LogP contribution < -0.4 is 15.0 Å². The van der Waals surface area contributed by atoms with E-state index in [1.54, 1.807) is 6.08 Å². The minimum Gasteiger partial charge on any atom is -0.494 e. The van der Waals surface area contributed by atoms with Gasteiger partial charge in [0.2, 0.25) is 0 Å². The summed E-state index contributed by atoms with van der Waals surface area (Å²) in [5.74, 6) is 0.140. The van der Waals surface area contributed by atoms with Gasteiger partial charge in [-0.3, -0.25) is 19.8 Å². The molecule has 6 heteroatoms. The first-order chi connectivity index (χ1) is 14.6. The number of thiocarbonyl (C=S) groups is 1. The summed E-state index contributed by atoms with van der Waals surface area (Å²) in [5.41, 5.74) is 5.47. The van der Waals surface area contributed by atoms with Gasteiger partial charge in [-0.15, -0.1) is 0 Å². The minimum atomic E-state index is -0.490. The van der Waals surface area contributed by atoms with Crippen molar-refractivity contribution < 1.29 is 14.3 Å². The topological polar surface area (TPSA) is 58.6 Å². The van der Waals surface area contributed by atoms with Gasteiger partial charge in [0.25, 0.3) is 11.8 Å². The highest BCUT2D eigenvalue weighted by molar-refractivity contribution is 7.80. The third kappa shape index (κ3) is 4.39. The highest BCUT2D eigenvalue weighted by Crippen LogP contribution is 2.32. The third-order valence-corrected chi connectivity index (χ3v) is 5.82. The van der Waals surface area contributed by atoms with Crippen LogP contribution in [0.1, 0.15) is 54.5 Å². The monoisotopic (exact) mass is 436 g/mol. The quantitative estimate of drug-likeness (QED) is 0.409. The number of rotatable bonds is 5. The predicted molar refractivity (Wildman–Crippen MR) is 129 cm³/mol. The molecule has 31 heavy (non-hydrogen) atoms. The van der Waals surface area contributed by atoms with Crippen LogP contribution in [-0.4, -0.2) is 23.5 Å². The van der Waals surface area contributed by atoms with Crippen molar-refractivity contribution in [2.24, 2.45) is 0 Å². The van der Waals surface area contributed by atoms with Crippen LogP contribution in [0.5, 0.6) is 5.75 Å². The van der Waals surface area contributed by atoms with E-state index in [0.29, 0.717) is 12.3 Å². The molecule has 0 bridgehead atoms. The van der Waals surface area contributed by atoms with Gasteiger partial charge in [0, 0.05) is 0 Å². The van der Waals surface area contributed by atoms with Crippen molar-refractivity contribution in [3.05, 3.63) is 63.7 Å². The second-order valence-corrected chi connectivity index (χ2v) is 8.40. The van der Waals surface area contributed by atoms with Gasteiger partial charge in [-0.2, -0.15) is 0 Å². The van der Waals surface area contributed by atoms with Crippen LogP contribution in [0.2, 0.25) is 0 Å². The number of ether oxygens (including phenoxy) is 1. The Morgan fingerprint density at radius 2 is 1.84 bits per heavy atom. The maximum absolute atomic E-state index is 13.4. The molecule has 1 fully saturated rings. The number of amides is 2. The van der Waals surface area contributed by atoms with Gasteiger partial charge >= 0.3 is 0 Å². The normalized spacial score (nSPS) is 15.6. The Bertz CT molecular complexity index is 1100. The molecule has 1 N–H and O–H groups in total. The number of hydrogen-bond acceptors (Lipinski definition) is 4. The number of anilines is 1. The summed E-state index contributed by atoms with van der Waals surface area (Å²) in [6, 6.07) is 9.64. The maximum Gasteiger partial charge on any atom is 0.270 e. The fraction of sp³-hybridized carbons (Fsp3) is 0.320. The molecule has 0 aliphatic carbocycles.